The molecule has 0 fully saturated rings. The Bertz CT molecular complexity index is 401. The van der Waals surface area contributed by atoms with Crippen molar-refractivity contribution < 1.29 is 39.3 Å². The number of nitrogens with one attached hydrogen (secondary N) is 1. The molecule has 1 unspecified atom stereocenters. The van der Waals surface area contributed by atoms with E-state index in [1.165, 1.54) is 0 Å². The van der Waals surface area contributed by atoms with Crippen molar-refractivity contribution in [1.82, 2.24) is 5.32 Å². The van der Waals surface area contributed by atoms with E-state index in [0.717, 1.165) is 0 Å². The van der Waals surface area contributed by atoms with Gasteiger partial charge in [0.2, 0.25) is 0 Å². The van der Waals surface area contributed by atoms with Crippen LogP contribution < -0.4 is 5.32 Å². The van der Waals surface area contributed by atoms with E-state index in [9.17, 15) is 29.8 Å². The number of ether oxygens (including phenoxy) is 1. The van der Waals surface area contributed by atoms with Crippen LogP contribution in [0.2, 0.25) is 0 Å². The predicted octanol–water partition coefficient (Wildman–Crippen LogP) is -0.247. The first-order chi connectivity index (χ1) is 10.3. The van der Waals surface area contributed by atoms with E-state index < -0.39 is 41.5 Å². The lowest BCUT2D eigenvalue weighted by atomic mass is 10.2. The van der Waals surface area contributed by atoms with Crippen molar-refractivity contribution in [2.75, 3.05) is 19.8 Å². The molecule has 0 saturated carbocycles. The molecular weight excluding hydrogens is 310 g/mol. The molecule has 0 bridgehead atoms. The second-order valence-corrected chi connectivity index (χ2v) is 3.85. The molecule has 0 rings (SSSR count). The largest absolute Gasteiger partial charge is 0.480 e. The predicted molar refractivity (Wildman–Crippen MR) is 65.7 cm³/mol. The van der Waals surface area contributed by atoms with Gasteiger partial charge in [0.1, 0.15) is 19.3 Å². The molecule has 0 radical (unpaired) electrons. The highest BCUT2D eigenvalue weighted by Gasteiger charge is 2.15. The Balaban J connectivity index is 3.82. The summed E-state index contributed by atoms with van der Waals surface area (Å²) in [5.74, 6) is -1.22. The molecule has 1 atom stereocenters. The van der Waals surface area contributed by atoms with Crippen molar-refractivity contribution in [1.29, 1.82) is 0 Å². The molecule has 0 heterocycles. The Morgan fingerprint density at radius 1 is 1.18 bits per heavy atom. The summed E-state index contributed by atoms with van der Waals surface area (Å²) >= 11 is 0. The van der Waals surface area contributed by atoms with Gasteiger partial charge >= 0.3 is 12.1 Å². The van der Waals surface area contributed by atoms with Gasteiger partial charge in [0, 0.05) is 0 Å². The van der Waals surface area contributed by atoms with Crippen molar-refractivity contribution in [3.63, 3.8) is 0 Å². The third-order valence-electron chi connectivity index (χ3n) is 2.14. The number of alkyl carbamates (subject to hydrolysis) is 1. The second-order valence-electron chi connectivity index (χ2n) is 3.85. The maximum absolute atomic E-state index is 11.0. The lowest BCUT2D eigenvalue weighted by molar-refractivity contribution is -0.790. The molecule has 0 aliphatic rings. The van der Waals surface area contributed by atoms with Crippen molar-refractivity contribution in [3.8, 4) is 0 Å². The summed E-state index contributed by atoms with van der Waals surface area (Å²) in [4.78, 5) is 49.5. The number of amides is 1. The van der Waals surface area contributed by atoms with Gasteiger partial charge in [0.15, 0.2) is 0 Å². The van der Waals surface area contributed by atoms with Gasteiger partial charge in [0.05, 0.1) is 6.61 Å². The summed E-state index contributed by atoms with van der Waals surface area (Å²) in [7, 11) is 0. The number of unbranched alkanes of at least 4 members (excludes halogenated alkanes) is 1. The van der Waals surface area contributed by atoms with Crippen LogP contribution in [0.15, 0.2) is 0 Å². The summed E-state index contributed by atoms with van der Waals surface area (Å²) in [6.45, 7) is -1.21. The van der Waals surface area contributed by atoms with Gasteiger partial charge in [0.25, 0.3) is 10.2 Å². The van der Waals surface area contributed by atoms with Crippen LogP contribution in [0.1, 0.15) is 19.3 Å². The lowest BCUT2D eigenvalue weighted by Crippen LogP contribution is -2.30. The zero-order valence-electron chi connectivity index (χ0n) is 11.3. The minimum atomic E-state index is -1.22. The number of hydrogen-bond donors (Lipinski definition) is 2. The van der Waals surface area contributed by atoms with Gasteiger partial charge < -0.3 is 24.8 Å². The summed E-state index contributed by atoms with van der Waals surface area (Å²) in [6.07, 6.45) is -1.32. The van der Waals surface area contributed by atoms with E-state index in [1.54, 1.807) is 0 Å². The summed E-state index contributed by atoms with van der Waals surface area (Å²) in [6, 6.07) is 0. The average molecular weight is 325 g/mol. The molecule has 0 saturated heterocycles. The van der Waals surface area contributed by atoms with E-state index in [1.807, 2.05) is 5.32 Å². The normalized spacial score (nSPS) is 11.1. The zero-order chi connectivity index (χ0) is 17.0. The van der Waals surface area contributed by atoms with E-state index in [-0.39, 0.29) is 13.0 Å². The lowest BCUT2D eigenvalue weighted by Gasteiger charge is -2.13. The van der Waals surface area contributed by atoms with Crippen molar-refractivity contribution in [3.05, 3.63) is 20.2 Å². The van der Waals surface area contributed by atoms with Crippen molar-refractivity contribution in [2.45, 2.75) is 25.4 Å². The first kappa shape index (κ1) is 19.1. The fourth-order valence-electron chi connectivity index (χ4n) is 1.27. The number of carbonyl (C=O) groups excluding carboxylic acids is 1. The molecule has 0 aliphatic heterocycles. The topological polar surface area (TPSA) is 180 Å². The molecule has 0 aliphatic carbocycles. The zero-order valence-corrected chi connectivity index (χ0v) is 11.3. The molecular formula is C9H15N3O10. The standard InChI is InChI=1S/C9H15N3O10/c13-8(14)5-10-9(15)20-4-2-1-3-7(22-12(18)19)6-21-11(16)17/h7H,1-6H2,(H,10,15)(H,13,14). The van der Waals surface area contributed by atoms with Gasteiger partial charge in [-0.15, -0.1) is 20.2 Å². The van der Waals surface area contributed by atoms with Gasteiger partial charge in [-0.1, -0.05) is 0 Å². The van der Waals surface area contributed by atoms with E-state index in [0.29, 0.717) is 12.8 Å². The van der Waals surface area contributed by atoms with E-state index in [4.69, 9.17) is 5.11 Å². The molecule has 2 N–H and O–H groups in total. The van der Waals surface area contributed by atoms with E-state index >= 15 is 0 Å². The summed E-state index contributed by atoms with van der Waals surface area (Å²) in [5, 5.41) is 28.3. The number of rotatable bonds is 12. The molecule has 13 nitrogen and oxygen atoms in total. The number of carboxylic acids is 1. The highest BCUT2D eigenvalue weighted by molar-refractivity contribution is 5.76. The van der Waals surface area contributed by atoms with Crippen molar-refractivity contribution >= 4 is 12.1 Å². The molecule has 126 valence electrons. The second kappa shape index (κ2) is 10.9. The van der Waals surface area contributed by atoms with Crippen LogP contribution in [0.4, 0.5) is 4.79 Å². The Kier molecular flexibility index (Phi) is 9.46. The fraction of sp³-hybridized carbons (Fsp3) is 0.778. The minimum Gasteiger partial charge on any atom is -0.480 e. The smallest absolute Gasteiger partial charge is 0.407 e. The van der Waals surface area contributed by atoms with Crippen LogP contribution in [0.3, 0.4) is 0 Å². The number of hydrogen-bond acceptors (Lipinski definition) is 9. The van der Waals surface area contributed by atoms with Crippen LogP contribution in [0, 0.1) is 20.2 Å². The molecule has 13 heteroatoms. The van der Waals surface area contributed by atoms with Crippen LogP contribution in [-0.2, 0) is 19.2 Å². The highest BCUT2D eigenvalue weighted by atomic mass is 17.0. The van der Waals surface area contributed by atoms with Crippen LogP contribution in [-0.4, -0.2) is 53.2 Å². The molecule has 0 aromatic heterocycles. The number of carboxylic acid groups (broad SMARTS) is 1. The Morgan fingerprint density at radius 2 is 1.86 bits per heavy atom. The monoisotopic (exact) mass is 325 g/mol. The Morgan fingerprint density at radius 3 is 2.41 bits per heavy atom. The molecule has 0 spiro atoms. The van der Waals surface area contributed by atoms with Crippen LogP contribution >= 0.6 is 0 Å². The maximum atomic E-state index is 11.0. The fourth-order valence-corrected chi connectivity index (χ4v) is 1.27. The van der Waals surface area contributed by atoms with Gasteiger partial charge in [-0.2, -0.15) is 0 Å². The molecule has 0 aromatic carbocycles. The maximum Gasteiger partial charge on any atom is 0.407 e. The molecule has 22 heavy (non-hydrogen) atoms. The SMILES string of the molecule is O=C(O)CNC(=O)OCCCCC(CO[N+](=O)[O-])O[N+](=O)[O-]. The number of carbonyl (C=O) groups is 2. The Hall–Kier alpha value is -2.86. The quantitative estimate of drug-likeness (QED) is 0.276. The molecule has 1 amide bonds. The Labute approximate surface area is 123 Å². The number of nitrogens with zero attached hydrogens (tertiary/aromatic N) is 2. The van der Waals surface area contributed by atoms with Gasteiger partial charge in [-0.25, -0.2) is 4.79 Å². The summed E-state index contributed by atoms with van der Waals surface area (Å²) in [5.41, 5.74) is 0. The van der Waals surface area contributed by atoms with E-state index in [2.05, 4.69) is 14.4 Å². The third-order valence-corrected chi connectivity index (χ3v) is 2.14. The van der Waals surface area contributed by atoms with Gasteiger partial charge in [-0.05, 0) is 19.3 Å². The third kappa shape index (κ3) is 12.2. The molecule has 0 aromatic rings. The highest BCUT2D eigenvalue weighted by Crippen LogP contribution is 2.06. The summed E-state index contributed by atoms with van der Waals surface area (Å²) < 4.78 is 4.63. The van der Waals surface area contributed by atoms with Crippen molar-refractivity contribution in [2.24, 2.45) is 0 Å². The first-order valence-corrected chi connectivity index (χ1v) is 6.02. The van der Waals surface area contributed by atoms with Crippen LogP contribution in [0.25, 0.3) is 0 Å². The average Bonchev–Trinajstić information content (AvgIpc) is 2.41. The van der Waals surface area contributed by atoms with Gasteiger partial charge in [-0.3, -0.25) is 4.79 Å². The van der Waals surface area contributed by atoms with Crippen LogP contribution in [0.5, 0.6) is 0 Å². The minimum absolute atomic E-state index is 0.0489. The number of aliphatic carboxylic acids is 1. The first-order valence-electron chi connectivity index (χ1n) is 6.02.